The minimum Gasteiger partial charge on any atom is -0.481 e. The van der Waals surface area contributed by atoms with E-state index < -0.39 is 17.6 Å². The lowest BCUT2D eigenvalue weighted by atomic mass is 9.98. The molecule has 2 amide bonds. The first-order valence-corrected chi connectivity index (χ1v) is 10.9. The van der Waals surface area contributed by atoms with Gasteiger partial charge in [-0.05, 0) is 48.9 Å². The molecule has 3 N–H and O–H groups in total. The number of carbonyl (C=O) groups excluding carboxylic acids is 2. The first kappa shape index (κ1) is 23.3. The fraction of sp³-hybridized carbons (Fsp3) is 0.400. The van der Waals surface area contributed by atoms with Crippen LogP contribution in [0.1, 0.15) is 56.6 Å². The lowest BCUT2D eigenvalue weighted by molar-refractivity contribution is -0.137. The lowest BCUT2D eigenvalue weighted by Gasteiger charge is -2.25. The number of nitrogens with one attached hydrogen (secondary N) is 2. The first-order chi connectivity index (χ1) is 15.3. The van der Waals surface area contributed by atoms with Crippen molar-refractivity contribution >= 4 is 18.0 Å². The number of hydrogen-bond donors (Lipinski definition) is 3. The molecule has 0 saturated carbocycles. The van der Waals surface area contributed by atoms with Gasteiger partial charge in [0.05, 0.1) is 0 Å². The number of carboxylic acids is 1. The molecule has 0 unspecified atom stereocenters. The molecular formula is C25H30N2O5. The Morgan fingerprint density at radius 3 is 2.16 bits per heavy atom. The van der Waals surface area contributed by atoms with Crippen LogP contribution in [0.5, 0.6) is 0 Å². The molecule has 0 saturated heterocycles. The number of rotatable bonds is 10. The second-order valence-corrected chi connectivity index (χ2v) is 8.68. The Morgan fingerprint density at radius 2 is 1.56 bits per heavy atom. The van der Waals surface area contributed by atoms with E-state index >= 15 is 0 Å². The third kappa shape index (κ3) is 6.09. The molecule has 0 spiro atoms. The molecule has 7 nitrogen and oxygen atoms in total. The third-order valence-corrected chi connectivity index (χ3v) is 5.64. The highest BCUT2D eigenvalue weighted by molar-refractivity contribution is 5.79. The molecule has 0 heterocycles. The lowest BCUT2D eigenvalue weighted by Crippen LogP contribution is -2.43. The van der Waals surface area contributed by atoms with Crippen molar-refractivity contribution in [1.29, 1.82) is 0 Å². The van der Waals surface area contributed by atoms with Crippen LogP contribution in [0.4, 0.5) is 4.79 Å². The van der Waals surface area contributed by atoms with E-state index in [0.717, 1.165) is 11.1 Å². The van der Waals surface area contributed by atoms with Crippen LogP contribution in [0.3, 0.4) is 0 Å². The van der Waals surface area contributed by atoms with Gasteiger partial charge in [0, 0.05) is 30.8 Å². The standard InChI is InChI=1S/C25H30N2O5/c1-25(2,14-13-23(29)30)27-22(28)12-7-15-26-24(31)32-16-21-19-10-5-3-8-17(19)18-9-4-6-11-20(18)21/h3-6,8-11,21H,7,12-16H2,1-2H3,(H,26,31)(H,27,28)(H,29,30). The topological polar surface area (TPSA) is 105 Å². The number of ether oxygens (including phenoxy) is 1. The number of carboxylic acid groups (broad SMARTS) is 1. The van der Waals surface area contributed by atoms with E-state index in [0.29, 0.717) is 19.4 Å². The molecule has 1 aliphatic rings. The van der Waals surface area contributed by atoms with Gasteiger partial charge in [0.25, 0.3) is 0 Å². The SMILES string of the molecule is CC(C)(CCC(=O)O)NC(=O)CCCNC(=O)OCC1c2ccccc2-c2ccccc21. The average molecular weight is 439 g/mol. The highest BCUT2D eigenvalue weighted by atomic mass is 16.5. The quantitative estimate of drug-likeness (QED) is 0.485. The Morgan fingerprint density at radius 1 is 0.969 bits per heavy atom. The van der Waals surface area contributed by atoms with Crippen molar-refractivity contribution in [1.82, 2.24) is 10.6 Å². The smallest absolute Gasteiger partial charge is 0.407 e. The summed E-state index contributed by atoms with van der Waals surface area (Å²) in [5, 5.41) is 14.3. The summed E-state index contributed by atoms with van der Waals surface area (Å²) >= 11 is 0. The maximum absolute atomic E-state index is 12.2. The molecule has 0 atom stereocenters. The number of hydrogen-bond acceptors (Lipinski definition) is 4. The monoisotopic (exact) mass is 438 g/mol. The number of aliphatic carboxylic acids is 1. The largest absolute Gasteiger partial charge is 0.481 e. The molecule has 0 fully saturated rings. The Hall–Kier alpha value is -3.35. The fourth-order valence-electron chi connectivity index (χ4n) is 4.01. The van der Waals surface area contributed by atoms with Crippen molar-refractivity contribution in [3.05, 3.63) is 59.7 Å². The van der Waals surface area contributed by atoms with E-state index in [1.807, 2.05) is 24.3 Å². The summed E-state index contributed by atoms with van der Waals surface area (Å²) in [6.07, 6.45) is 0.544. The molecular weight excluding hydrogens is 408 g/mol. The highest BCUT2D eigenvalue weighted by Gasteiger charge is 2.29. The summed E-state index contributed by atoms with van der Waals surface area (Å²) in [4.78, 5) is 34.9. The van der Waals surface area contributed by atoms with E-state index in [4.69, 9.17) is 9.84 Å². The van der Waals surface area contributed by atoms with E-state index in [9.17, 15) is 14.4 Å². The van der Waals surface area contributed by atoms with Gasteiger partial charge in [0.1, 0.15) is 6.61 Å². The van der Waals surface area contributed by atoms with Gasteiger partial charge in [-0.2, -0.15) is 0 Å². The van der Waals surface area contributed by atoms with Crippen LogP contribution in [-0.2, 0) is 14.3 Å². The van der Waals surface area contributed by atoms with Crippen LogP contribution >= 0.6 is 0 Å². The minimum absolute atomic E-state index is 0.00335. The number of alkyl carbamates (subject to hydrolysis) is 1. The zero-order valence-electron chi connectivity index (χ0n) is 18.5. The van der Waals surface area contributed by atoms with E-state index in [1.165, 1.54) is 11.1 Å². The van der Waals surface area contributed by atoms with Crippen molar-refractivity contribution < 1.29 is 24.2 Å². The van der Waals surface area contributed by atoms with Crippen molar-refractivity contribution in [3.8, 4) is 11.1 Å². The van der Waals surface area contributed by atoms with Gasteiger partial charge in [-0.15, -0.1) is 0 Å². The zero-order chi connectivity index (χ0) is 23.1. The van der Waals surface area contributed by atoms with Gasteiger partial charge in [0.15, 0.2) is 0 Å². The van der Waals surface area contributed by atoms with Gasteiger partial charge < -0.3 is 20.5 Å². The van der Waals surface area contributed by atoms with Gasteiger partial charge in [-0.3, -0.25) is 9.59 Å². The predicted molar refractivity (Wildman–Crippen MR) is 121 cm³/mol. The summed E-state index contributed by atoms with van der Waals surface area (Å²) in [6, 6.07) is 16.3. The molecule has 0 bridgehead atoms. The van der Waals surface area contributed by atoms with Gasteiger partial charge in [0.2, 0.25) is 5.91 Å². The Kier molecular flexibility index (Phi) is 7.51. The van der Waals surface area contributed by atoms with Gasteiger partial charge >= 0.3 is 12.1 Å². The highest BCUT2D eigenvalue weighted by Crippen LogP contribution is 2.44. The van der Waals surface area contributed by atoms with Crippen LogP contribution in [0.15, 0.2) is 48.5 Å². The molecule has 1 aliphatic carbocycles. The molecule has 0 aromatic heterocycles. The van der Waals surface area contributed by atoms with Crippen LogP contribution in [0.25, 0.3) is 11.1 Å². The molecule has 32 heavy (non-hydrogen) atoms. The minimum atomic E-state index is -0.889. The third-order valence-electron chi connectivity index (χ3n) is 5.64. The zero-order valence-corrected chi connectivity index (χ0v) is 18.5. The van der Waals surface area contributed by atoms with Crippen molar-refractivity contribution in [2.75, 3.05) is 13.2 Å². The van der Waals surface area contributed by atoms with Crippen molar-refractivity contribution in [3.63, 3.8) is 0 Å². The Balaban J connectivity index is 1.40. The predicted octanol–water partition coefficient (Wildman–Crippen LogP) is 4.06. The van der Waals surface area contributed by atoms with Crippen molar-refractivity contribution in [2.45, 2.75) is 51.0 Å². The molecule has 2 aromatic carbocycles. The summed E-state index contributed by atoms with van der Waals surface area (Å²) < 4.78 is 5.48. The van der Waals surface area contributed by atoms with Crippen LogP contribution < -0.4 is 10.6 Å². The van der Waals surface area contributed by atoms with Crippen molar-refractivity contribution in [2.24, 2.45) is 0 Å². The normalized spacial score (nSPS) is 12.6. The van der Waals surface area contributed by atoms with E-state index in [-0.39, 0.29) is 31.3 Å². The van der Waals surface area contributed by atoms with Crippen LogP contribution in [-0.4, -0.2) is 41.8 Å². The van der Waals surface area contributed by atoms with Gasteiger partial charge in [-0.25, -0.2) is 4.79 Å². The first-order valence-electron chi connectivity index (χ1n) is 10.9. The summed E-state index contributed by atoms with van der Waals surface area (Å²) in [5.74, 6) is -1.05. The molecule has 0 radical (unpaired) electrons. The summed E-state index contributed by atoms with van der Waals surface area (Å²) in [6.45, 7) is 4.16. The maximum Gasteiger partial charge on any atom is 0.407 e. The van der Waals surface area contributed by atoms with Gasteiger partial charge in [-0.1, -0.05) is 48.5 Å². The number of amides is 2. The number of benzene rings is 2. The molecule has 2 aromatic rings. The number of fused-ring (bicyclic) bond motifs is 3. The second-order valence-electron chi connectivity index (χ2n) is 8.68. The van der Waals surface area contributed by atoms with Crippen LogP contribution in [0.2, 0.25) is 0 Å². The average Bonchev–Trinajstić information content (AvgIpc) is 3.07. The van der Waals surface area contributed by atoms with E-state index in [2.05, 4.69) is 34.9 Å². The maximum atomic E-state index is 12.2. The van der Waals surface area contributed by atoms with E-state index in [1.54, 1.807) is 13.8 Å². The summed E-state index contributed by atoms with van der Waals surface area (Å²) in [7, 11) is 0. The summed E-state index contributed by atoms with van der Waals surface area (Å²) in [5.41, 5.74) is 4.08. The molecule has 0 aliphatic heterocycles. The fourth-order valence-corrected chi connectivity index (χ4v) is 4.01. The Labute approximate surface area is 188 Å². The molecule has 3 rings (SSSR count). The van der Waals surface area contributed by atoms with Crippen LogP contribution in [0, 0.1) is 0 Å². The molecule has 7 heteroatoms. The second kappa shape index (κ2) is 10.3. The molecule has 170 valence electrons. The Bertz CT molecular complexity index is 940. The number of carbonyl (C=O) groups is 3.